The van der Waals surface area contributed by atoms with Crippen LogP contribution in [0.3, 0.4) is 0 Å². The minimum atomic E-state index is -0.469. The van der Waals surface area contributed by atoms with Gasteiger partial charge in [-0.25, -0.2) is 4.39 Å². The Hall–Kier alpha value is -0.880. The molecule has 0 aromatic heterocycles. The molecule has 0 aliphatic carbocycles. The summed E-state index contributed by atoms with van der Waals surface area (Å²) < 4.78 is 13.4. The molecule has 2 saturated heterocycles. The highest BCUT2D eigenvalue weighted by molar-refractivity contribution is 6.31. The van der Waals surface area contributed by atoms with Crippen LogP contribution in [0.15, 0.2) is 18.2 Å². The summed E-state index contributed by atoms with van der Waals surface area (Å²) in [4.78, 5) is 16.7. The number of hydrogen-bond donors (Lipinski definition) is 1. The number of hydrogen-bond acceptors (Lipinski definition) is 3. The van der Waals surface area contributed by atoms with Gasteiger partial charge in [0.25, 0.3) is 5.91 Å². The zero-order chi connectivity index (χ0) is 14.8. The average molecular weight is 348 g/mol. The zero-order valence-corrected chi connectivity index (χ0v) is 13.8. The summed E-state index contributed by atoms with van der Waals surface area (Å²) in [5.41, 5.74) is 0.334. The first-order chi connectivity index (χ1) is 10.1. The number of piperazine rings is 1. The molecule has 2 fully saturated rings. The van der Waals surface area contributed by atoms with Gasteiger partial charge in [0.2, 0.25) is 0 Å². The first-order valence-electron chi connectivity index (χ1n) is 7.33. The SMILES string of the molecule is Cl.O=C(c1cc(F)cc(Cl)c1)N1CCC(N2CCNCC2)C1. The van der Waals surface area contributed by atoms with E-state index in [-0.39, 0.29) is 23.3 Å². The van der Waals surface area contributed by atoms with E-state index in [1.165, 1.54) is 18.2 Å². The van der Waals surface area contributed by atoms with Gasteiger partial charge in [0.05, 0.1) is 0 Å². The van der Waals surface area contributed by atoms with E-state index in [0.29, 0.717) is 18.2 Å². The molecule has 0 saturated carbocycles. The van der Waals surface area contributed by atoms with E-state index in [1.807, 2.05) is 0 Å². The van der Waals surface area contributed by atoms with Crippen LogP contribution in [-0.4, -0.2) is 61.0 Å². The number of halogens is 3. The Labute approximate surface area is 141 Å². The zero-order valence-electron chi connectivity index (χ0n) is 12.2. The van der Waals surface area contributed by atoms with Crippen LogP contribution in [0.1, 0.15) is 16.8 Å². The molecular weight excluding hydrogens is 328 g/mol. The lowest BCUT2D eigenvalue weighted by Gasteiger charge is -2.32. The molecule has 122 valence electrons. The van der Waals surface area contributed by atoms with E-state index >= 15 is 0 Å². The van der Waals surface area contributed by atoms with E-state index in [9.17, 15) is 9.18 Å². The van der Waals surface area contributed by atoms with Gasteiger partial charge in [-0.3, -0.25) is 9.69 Å². The van der Waals surface area contributed by atoms with Crippen molar-refractivity contribution in [2.24, 2.45) is 0 Å². The van der Waals surface area contributed by atoms with Crippen molar-refractivity contribution in [3.05, 3.63) is 34.6 Å². The van der Waals surface area contributed by atoms with Gasteiger partial charge in [0.15, 0.2) is 0 Å². The van der Waals surface area contributed by atoms with Crippen molar-refractivity contribution in [2.45, 2.75) is 12.5 Å². The number of carbonyl (C=O) groups is 1. The number of likely N-dealkylation sites (tertiary alicyclic amines) is 1. The molecule has 2 aliphatic heterocycles. The van der Waals surface area contributed by atoms with Crippen LogP contribution in [0, 0.1) is 5.82 Å². The van der Waals surface area contributed by atoms with Crippen LogP contribution < -0.4 is 5.32 Å². The van der Waals surface area contributed by atoms with E-state index in [2.05, 4.69) is 10.2 Å². The van der Waals surface area contributed by atoms with Gasteiger partial charge in [-0.2, -0.15) is 0 Å². The van der Waals surface area contributed by atoms with Gasteiger partial charge >= 0.3 is 0 Å². The molecule has 1 unspecified atom stereocenters. The number of benzene rings is 1. The molecule has 0 radical (unpaired) electrons. The molecule has 1 N–H and O–H groups in total. The highest BCUT2D eigenvalue weighted by Crippen LogP contribution is 2.21. The smallest absolute Gasteiger partial charge is 0.254 e. The predicted octanol–water partition coefficient (Wildman–Crippen LogP) is 2.02. The maximum atomic E-state index is 13.4. The standard InChI is InChI=1S/C15H19ClFN3O.ClH/c16-12-7-11(8-13(17)9-12)15(21)20-4-1-14(10-20)19-5-2-18-3-6-19;/h7-9,14,18H,1-6,10H2;1H. The Bertz CT molecular complexity index is 517. The number of amides is 1. The fraction of sp³-hybridized carbons (Fsp3) is 0.533. The topological polar surface area (TPSA) is 35.6 Å². The van der Waals surface area contributed by atoms with Crippen LogP contribution >= 0.6 is 24.0 Å². The summed E-state index contributed by atoms with van der Waals surface area (Å²) >= 11 is 5.83. The van der Waals surface area contributed by atoms with E-state index in [4.69, 9.17) is 11.6 Å². The molecule has 3 rings (SSSR count). The molecule has 1 aromatic rings. The second-order valence-electron chi connectivity index (χ2n) is 5.64. The maximum Gasteiger partial charge on any atom is 0.254 e. The number of carbonyl (C=O) groups excluding carboxylic acids is 1. The molecule has 1 aromatic carbocycles. The molecule has 7 heteroatoms. The molecule has 22 heavy (non-hydrogen) atoms. The summed E-state index contributed by atoms with van der Waals surface area (Å²) in [6.45, 7) is 5.50. The Kier molecular flexibility index (Phi) is 6.03. The molecule has 0 spiro atoms. The number of rotatable bonds is 2. The highest BCUT2D eigenvalue weighted by atomic mass is 35.5. The van der Waals surface area contributed by atoms with Crippen molar-refractivity contribution in [1.82, 2.24) is 15.1 Å². The van der Waals surface area contributed by atoms with Crippen LogP contribution in [-0.2, 0) is 0 Å². The van der Waals surface area contributed by atoms with Crippen LogP contribution in [0.4, 0.5) is 4.39 Å². The van der Waals surface area contributed by atoms with Crippen molar-refractivity contribution in [2.75, 3.05) is 39.3 Å². The lowest BCUT2D eigenvalue weighted by molar-refractivity contribution is 0.0773. The molecule has 1 amide bonds. The third kappa shape index (κ3) is 3.90. The molecule has 0 bridgehead atoms. The summed E-state index contributed by atoms with van der Waals surface area (Å²) in [6.07, 6.45) is 0.981. The third-order valence-corrected chi connectivity index (χ3v) is 4.45. The molecule has 4 nitrogen and oxygen atoms in total. The van der Waals surface area contributed by atoms with E-state index in [1.54, 1.807) is 4.90 Å². The first kappa shape index (κ1) is 17.5. The Morgan fingerprint density at radius 1 is 1.23 bits per heavy atom. The fourth-order valence-electron chi connectivity index (χ4n) is 3.13. The van der Waals surface area contributed by atoms with Crippen molar-refractivity contribution in [3.8, 4) is 0 Å². The summed E-state index contributed by atoms with van der Waals surface area (Å²) in [5, 5.41) is 3.59. The van der Waals surface area contributed by atoms with Crippen molar-refractivity contribution < 1.29 is 9.18 Å². The second kappa shape index (κ2) is 7.59. The average Bonchev–Trinajstić information content (AvgIpc) is 2.96. The van der Waals surface area contributed by atoms with Crippen LogP contribution in [0.5, 0.6) is 0 Å². The quantitative estimate of drug-likeness (QED) is 0.888. The molecule has 2 aliphatic rings. The summed E-state index contributed by atoms with van der Waals surface area (Å²) in [5.74, 6) is -0.599. The van der Waals surface area contributed by atoms with Gasteiger partial charge in [0.1, 0.15) is 5.82 Å². The Balaban J connectivity index is 0.00000176. The normalized spacial score (nSPS) is 22.5. The Morgan fingerprint density at radius 3 is 2.64 bits per heavy atom. The minimum absolute atomic E-state index is 0. The largest absolute Gasteiger partial charge is 0.337 e. The number of nitrogens with one attached hydrogen (secondary N) is 1. The van der Waals surface area contributed by atoms with Crippen LogP contribution in [0.25, 0.3) is 0 Å². The van der Waals surface area contributed by atoms with E-state index in [0.717, 1.165) is 39.1 Å². The van der Waals surface area contributed by atoms with Gasteiger partial charge in [-0.15, -0.1) is 12.4 Å². The third-order valence-electron chi connectivity index (χ3n) is 4.23. The van der Waals surface area contributed by atoms with Crippen molar-refractivity contribution in [3.63, 3.8) is 0 Å². The fourth-order valence-corrected chi connectivity index (χ4v) is 3.35. The second-order valence-corrected chi connectivity index (χ2v) is 6.07. The summed E-state index contributed by atoms with van der Waals surface area (Å²) in [6, 6.07) is 4.42. The predicted molar refractivity (Wildman–Crippen MR) is 87.4 cm³/mol. The summed E-state index contributed by atoms with van der Waals surface area (Å²) in [7, 11) is 0. The molecule has 2 heterocycles. The Morgan fingerprint density at radius 2 is 1.95 bits per heavy atom. The van der Waals surface area contributed by atoms with Crippen molar-refractivity contribution in [1.29, 1.82) is 0 Å². The first-order valence-corrected chi connectivity index (χ1v) is 7.71. The van der Waals surface area contributed by atoms with Gasteiger partial charge in [-0.05, 0) is 24.6 Å². The lowest BCUT2D eigenvalue weighted by Crippen LogP contribution is -2.49. The molecular formula is C15H20Cl2FN3O. The monoisotopic (exact) mass is 347 g/mol. The van der Waals surface area contributed by atoms with Crippen LogP contribution in [0.2, 0.25) is 5.02 Å². The van der Waals surface area contributed by atoms with E-state index < -0.39 is 5.82 Å². The van der Waals surface area contributed by atoms with Gasteiger partial charge < -0.3 is 10.2 Å². The highest BCUT2D eigenvalue weighted by Gasteiger charge is 2.31. The maximum absolute atomic E-state index is 13.4. The van der Waals surface area contributed by atoms with Crippen molar-refractivity contribution >= 4 is 29.9 Å². The minimum Gasteiger partial charge on any atom is -0.337 e. The van der Waals surface area contributed by atoms with Gasteiger partial charge in [0, 0.05) is 55.9 Å². The number of nitrogens with zero attached hydrogens (tertiary/aromatic N) is 2. The van der Waals surface area contributed by atoms with Gasteiger partial charge in [-0.1, -0.05) is 11.6 Å². The molecule has 1 atom stereocenters. The lowest BCUT2D eigenvalue weighted by atomic mass is 10.2.